The van der Waals surface area contributed by atoms with Crippen molar-refractivity contribution < 1.29 is 4.79 Å². The number of nitrogens with zero attached hydrogens (tertiary/aromatic N) is 5. The molecule has 1 atom stereocenters. The van der Waals surface area contributed by atoms with Crippen LogP contribution in [0.25, 0.3) is 17.2 Å². The van der Waals surface area contributed by atoms with Crippen LogP contribution in [0.4, 0.5) is 5.82 Å². The molecule has 3 rings (SSSR count). The first-order valence-corrected chi connectivity index (χ1v) is 8.75. The van der Waals surface area contributed by atoms with E-state index in [0.29, 0.717) is 24.6 Å². The normalized spacial score (nSPS) is 12.1. The zero-order chi connectivity index (χ0) is 18.5. The smallest absolute Gasteiger partial charge is 0.254 e. The van der Waals surface area contributed by atoms with E-state index in [1.165, 1.54) is 0 Å². The van der Waals surface area contributed by atoms with Gasteiger partial charge in [0.05, 0.1) is 0 Å². The van der Waals surface area contributed by atoms with Crippen LogP contribution in [0, 0.1) is 6.92 Å². The third kappa shape index (κ3) is 4.14. The molecule has 0 aliphatic rings. The minimum Gasteiger partial charge on any atom is -0.369 e. The number of hydrogen-bond donors (Lipinski definition) is 2. The molecule has 0 aliphatic heterocycles. The fourth-order valence-corrected chi connectivity index (χ4v) is 2.48. The van der Waals surface area contributed by atoms with E-state index in [2.05, 4.69) is 30.7 Å². The molecule has 0 aromatic carbocycles. The molecule has 3 aromatic heterocycles. The van der Waals surface area contributed by atoms with E-state index in [0.717, 1.165) is 23.5 Å². The van der Waals surface area contributed by atoms with E-state index >= 15 is 0 Å². The van der Waals surface area contributed by atoms with E-state index in [9.17, 15) is 4.79 Å². The summed E-state index contributed by atoms with van der Waals surface area (Å²) in [5.41, 5.74) is 1.66. The molecule has 2 N–H and O–H groups in total. The van der Waals surface area contributed by atoms with Crippen LogP contribution in [0.3, 0.4) is 0 Å². The average molecular weight is 353 g/mol. The summed E-state index contributed by atoms with van der Waals surface area (Å²) >= 11 is 0. The largest absolute Gasteiger partial charge is 0.369 e. The topological polar surface area (TPSA) is 97.1 Å². The summed E-state index contributed by atoms with van der Waals surface area (Å²) < 4.78 is 1.65. The van der Waals surface area contributed by atoms with E-state index in [1.807, 2.05) is 39.0 Å². The van der Waals surface area contributed by atoms with Gasteiger partial charge in [-0.2, -0.15) is 9.50 Å². The number of aromatic nitrogens is 5. The Morgan fingerprint density at radius 1 is 1.35 bits per heavy atom. The quantitative estimate of drug-likeness (QED) is 0.676. The summed E-state index contributed by atoms with van der Waals surface area (Å²) in [5.74, 6) is 1.86. The first kappa shape index (κ1) is 17.8. The van der Waals surface area contributed by atoms with Crippen molar-refractivity contribution in [3.05, 3.63) is 36.3 Å². The Hall–Kier alpha value is -3.03. The first-order chi connectivity index (χ1) is 12.6. The van der Waals surface area contributed by atoms with Gasteiger partial charge in [0.2, 0.25) is 5.91 Å². The van der Waals surface area contributed by atoms with E-state index in [4.69, 9.17) is 0 Å². The lowest BCUT2D eigenvalue weighted by atomic mass is 10.2. The van der Waals surface area contributed by atoms with Gasteiger partial charge in [0, 0.05) is 48.7 Å². The highest BCUT2D eigenvalue weighted by Crippen LogP contribution is 2.17. The van der Waals surface area contributed by atoms with Gasteiger partial charge in [-0.15, -0.1) is 5.10 Å². The zero-order valence-corrected chi connectivity index (χ0v) is 15.2. The van der Waals surface area contributed by atoms with Gasteiger partial charge in [0.15, 0.2) is 5.82 Å². The Kier molecular flexibility index (Phi) is 5.40. The SMILES string of the molecule is CCC(C)NC(=O)CCNc1cc(C)nc2nc(-c3cccnc3)nn12. The standard InChI is InChI=1S/C18H23N7O/c1-4-12(2)21-16(26)7-9-20-15-10-13(3)22-18-23-17(24-25(15)18)14-6-5-8-19-11-14/h5-6,8,10-12,20H,4,7,9H2,1-3H3,(H,21,26). The number of carbonyl (C=O) groups excluding carboxylic acids is 1. The summed E-state index contributed by atoms with van der Waals surface area (Å²) in [6.45, 7) is 6.45. The molecule has 3 aromatic rings. The third-order valence-electron chi connectivity index (χ3n) is 4.04. The molecule has 136 valence electrons. The van der Waals surface area contributed by atoms with Gasteiger partial charge >= 0.3 is 0 Å². The molecule has 1 amide bonds. The highest BCUT2D eigenvalue weighted by atomic mass is 16.1. The second kappa shape index (κ2) is 7.90. The van der Waals surface area contributed by atoms with Crippen molar-refractivity contribution in [3.63, 3.8) is 0 Å². The Balaban J connectivity index is 1.76. The molecule has 1 unspecified atom stereocenters. The summed E-state index contributed by atoms with van der Waals surface area (Å²) in [7, 11) is 0. The lowest BCUT2D eigenvalue weighted by Crippen LogP contribution is -2.33. The van der Waals surface area contributed by atoms with Gasteiger partial charge in [0.25, 0.3) is 5.78 Å². The Morgan fingerprint density at radius 2 is 2.19 bits per heavy atom. The van der Waals surface area contributed by atoms with E-state index in [1.54, 1.807) is 16.9 Å². The molecule has 0 radical (unpaired) electrons. The maximum atomic E-state index is 11.9. The summed E-state index contributed by atoms with van der Waals surface area (Å²) in [6, 6.07) is 5.83. The van der Waals surface area contributed by atoms with Gasteiger partial charge in [-0.1, -0.05) is 6.92 Å². The number of anilines is 1. The highest BCUT2D eigenvalue weighted by molar-refractivity contribution is 5.76. The maximum absolute atomic E-state index is 11.9. The summed E-state index contributed by atoms with van der Waals surface area (Å²) in [5, 5.41) is 10.7. The molecule has 8 heteroatoms. The molecule has 0 bridgehead atoms. The summed E-state index contributed by atoms with van der Waals surface area (Å²) in [4.78, 5) is 24.9. The second-order valence-electron chi connectivity index (χ2n) is 6.23. The average Bonchev–Trinajstić information content (AvgIpc) is 3.06. The monoisotopic (exact) mass is 353 g/mol. The molecule has 0 saturated carbocycles. The van der Waals surface area contributed by atoms with Crippen LogP contribution in [0.2, 0.25) is 0 Å². The van der Waals surface area contributed by atoms with Crippen molar-refractivity contribution in [3.8, 4) is 11.4 Å². The minimum absolute atomic E-state index is 0.0310. The van der Waals surface area contributed by atoms with Crippen molar-refractivity contribution in [2.75, 3.05) is 11.9 Å². The Labute approximate surface area is 152 Å². The number of carbonyl (C=O) groups is 1. The van der Waals surface area contributed by atoms with Crippen molar-refractivity contribution in [1.82, 2.24) is 29.9 Å². The maximum Gasteiger partial charge on any atom is 0.254 e. The minimum atomic E-state index is 0.0310. The highest BCUT2D eigenvalue weighted by Gasteiger charge is 2.12. The van der Waals surface area contributed by atoms with Crippen LogP contribution < -0.4 is 10.6 Å². The van der Waals surface area contributed by atoms with Crippen molar-refractivity contribution in [2.24, 2.45) is 0 Å². The summed E-state index contributed by atoms with van der Waals surface area (Å²) in [6.07, 6.45) is 4.73. The van der Waals surface area contributed by atoms with Crippen LogP contribution in [0.5, 0.6) is 0 Å². The predicted molar refractivity (Wildman–Crippen MR) is 99.8 cm³/mol. The van der Waals surface area contributed by atoms with Crippen LogP contribution in [-0.4, -0.2) is 43.1 Å². The predicted octanol–water partition coefficient (Wildman–Crippen LogP) is 2.21. The third-order valence-corrected chi connectivity index (χ3v) is 4.04. The van der Waals surface area contributed by atoms with Gasteiger partial charge in [-0.25, -0.2) is 4.98 Å². The van der Waals surface area contributed by atoms with Crippen LogP contribution >= 0.6 is 0 Å². The zero-order valence-electron chi connectivity index (χ0n) is 15.2. The molecule has 0 aliphatic carbocycles. The van der Waals surface area contributed by atoms with Crippen LogP contribution in [0.1, 0.15) is 32.4 Å². The number of hydrogen-bond acceptors (Lipinski definition) is 6. The lowest BCUT2D eigenvalue weighted by Gasteiger charge is -2.12. The number of rotatable bonds is 7. The second-order valence-corrected chi connectivity index (χ2v) is 6.23. The molecule has 0 fully saturated rings. The Bertz CT molecular complexity index is 891. The first-order valence-electron chi connectivity index (χ1n) is 8.75. The van der Waals surface area contributed by atoms with Crippen LogP contribution in [0.15, 0.2) is 30.6 Å². The molecule has 8 nitrogen and oxygen atoms in total. The fraction of sp³-hybridized carbons (Fsp3) is 0.389. The molecular formula is C18H23N7O. The molecule has 3 heterocycles. The lowest BCUT2D eigenvalue weighted by molar-refractivity contribution is -0.121. The number of fused-ring (bicyclic) bond motifs is 1. The molecule has 26 heavy (non-hydrogen) atoms. The van der Waals surface area contributed by atoms with Crippen molar-refractivity contribution in [1.29, 1.82) is 0 Å². The number of aryl methyl sites for hydroxylation is 1. The Morgan fingerprint density at radius 3 is 2.92 bits per heavy atom. The fourth-order valence-electron chi connectivity index (χ4n) is 2.48. The number of nitrogens with one attached hydrogen (secondary N) is 2. The molecule has 0 spiro atoms. The molecule has 0 saturated heterocycles. The van der Waals surface area contributed by atoms with Crippen LogP contribution in [-0.2, 0) is 4.79 Å². The van der Waals surface area contributed by atoms with Crippen molar-refractivity contribution >= 4 is 17.5 Å². The number of pyridine rings is 1. The van der Waals surface area contributed by atoms with Gasteiger partial charge in [0.1, 0.15) is 5.82 Å². The number of amides is 1. The van der Waals surface area contributed by atoms with Gasteiger partial charge < -0.3 is 10.6 Å². The van der Waals surface area contributed by atoms with Crippen molar-refractivity contribution in [2.45, 2.75) is 39.7 Å². The van der Waals surface area contributed by atoms with Gasteiger partial charge in [-0.05, 0) is 32.4 Å². The van der Waals surface area contributed by atoms with E-state index in [-0.39, 0.29) is 11.9 Å². The van der Waals surface area contributed by atoms with Gasteiger partial charge in [-0.3, -0.25) is 9.78 Å². The molecular weight excluding hydrogens is 330 g/mol. The van der Waals surface area contributed by atoms with E-state index < -0.39 is 0 Å².